The van der Waals surface area contributed by atoms with Crippen LogP contribution in [0.4, 0.5) is 10.1 Å². The number of fused-ring (bicyclic) bond motifs is 2. The third-order valence-electron chi connectivity index (χ3n) is 7.76. The van der Waals surface area contributed by atoms with Crippen LogP contribution in [0.3, 0.4) is 0 Å². The van der Waals surface area contributed by atoms with Crippen molar-refractivity contribution >= 4 is 27.8 Å². The van der Waals surface area contributed by atoms with E-state index in [1.165, 1.54) is 12.1 Å². The van der Waals surface area contributed by atoms with Gasteiger partial charge in [-0.3, -0.25) is 15.1 Å². The van der Waals surface area contributed by atoms with Crippen LogP contribution < -0.4 is 15.4 Å². The van der Waals surface area contributed by atoms with E-state index in [1.807, 2.05) is 38.4 Å². The Labute approximate surface area is 253 Å². The Morgan fingerprint density at radius 1 is 1.02 bits per heavy atom. The van der Waals surface area contributed by atoms with Crippen molar-refractivity contribution < 1.29 is 9.13 Å². The zero-order valence-electron chi connectivity index (χ0n) is 24.6. The van der Waals surface area contributed by atoms with Gasteiger partial charge in [-0.15, -0.1) is 0 Å². The number of H-pyrrole nitrogens is 2. The smallest absolute Gasteiger partial charge is 0.178 e. The summed E-state index contributed by atoms with van der Waals surface area (Å²) in [5, 5.41) is 15.1. The average Bonchev–Trinajstić information content (AvgIpc) is 3.65. The molecule has 7 rings (SSSR count). The highest BCUT2D eigenvalue weighted by atomic mass is 19.1. The quantitative estimate of drug-likeness (QED) is 0.186. The second-order valence-electron chi connectivity index (χ2n) is 11.3. The second kappa shape index (κ2) is 12.0. The van der Waals surface area contributed by atoms with Crippen molar-refractivity contribution in [2.24, 2.45) is 0 Å². The Morgan fingerprint density at radius 2 is 1.91 bits per heavy atom. The van der Waals surface area contributed by atoms with Crippen LogP contribution in [0.2, 0.25) is 0 Å². The van der Waals surface area contributed by atoms with E-state index in [0.717, 1.165) is 71.5 Å². The van der Waals surface area contributed by atoms with E-state index in [-0.39, 0.29) is 11.9 Å². The van der Waals surface area contributed by atoms with E-state index in [0.29, 0.717) is 34.9 Å². The van der Waals surface area contributed by atoms with Gasteiger partial charge in [0.1, 0.15) is 23.4 Å². The predicted molar refractivity (Wildman–Crippen MR) is 169 cm³/mol. The summed E-state index contributed by atoms with van der Waals surface area (Å²) < 4.78 is 20.9. The maximum absolute atomic E-state index is 14.7. The fourth-order valence-corrected chi connectivity index (χ4v) is 5.52. The summed E-state index contributed by atoms with van der Waals surface area (Å²) in [6.45, 7) is 3.44. The number of piperidine rings is 1. The van der Waals surface area contributed by atoms with Crippen LogP contribution in [0.5, 0.6) is 5.75 Å². The van der Waals surface area contributed by atoms with Crippen LogP contribution in [0.15, 0.2) is 61.2 Å². The molecule has 1 fully saturated rings. The Morgan fingerprint density at radius 3 is 2.77 bits per heavy atom. The molecule has 0 atom stereocenters. The van der Waals surface area contributed by atoms with Gasteiger partial charge in [-0.2, -0.15) is 5.10 Å². The molecule has 0 amide bonds. The minimum Gasteiger partial charge on any atom is -0.489 e. The van der Waals surface area contributed by atoms with E-state index in [2.05, 4.69) is 45.7 Å². The summed E-state index contributed by atoms with van der Waals surface area (Å²) in [5.74, 6) is 0.954. The molecule has 5 aromatic heterocycles. The Hall–Kier alpha value is -4.94. The molecule has 6 aromatic rings. The number of hydrogen-bond acceptors (Lipinski definition) is 9. The fraction of sp³-hybridized carbons (Fsp3) is 0.281. The molecule has 1 aromatic carbocycles. The molecule has 1 aliphatic rings. The zero-order chi connectivity index (χ0) is 30.0. The van der Waals surface area contributed by atoms with Crippen molar-refractivity contribution in [2.75, 3.05) is 45.6 Å². The van der Waals surface area contributed by atoms with Crippen molar-refractivity contribution in [1.82, 2.24) is 45.3 Å². The van der Waals surface area contributed by atoms with Gasteiger partial charge in [0.05, 0.1) is 29.1 Å². The topological polar surface area (TPSA) is 133 Å². The van der Waals surface area contributed by atoms with Crippen molar-refractivity contribution in [3.05, 3.63) is 67.0 Å². The Kier molecular flexibility index (Phi) is 7.59. The third-order valence-corrected chi connectivity index (χ3v) is 7.76. The van der Waals surface area contributed by atoms with E-state index in [4.69, 9.17) is 9.72 Å². The number of anilines is 1. The molecule has 6 heterocycles. The minimum atomic E-state index is -0.322. The molecule has 11 nitrogen and oxygen atoms in total. The third kappa shape index (κ3) is 5.81. The first kappa shape index (κ1) is 27.9. The first-order valence-electron chi connectivity index (χ1n) is 14.7. The normalized spacial score (nSPS) is 14.1. The van der Waals surface area contributed by atoms with Crippen LogP contribution in [0, 0.1) is 5.82 Å². The van der Waals surface area contributed by atoms with Gasteiger partial charge in [-0.25, -0.2) is 14.4 Å². The summed E-state index contributed by atoms with van der Waals surface area (Å²) in [7, 11) is 4.01. The number of nitrogens with zero attached hydrogens (tertiary/aromatic N) is 6. The molecule has 12 heteroatoms. The average molecular weight is 593 g/mol. The lowest BCUT2D eigenvalue weighted by molar-refractivity contribution is 0.162. The molecule has 44 heavy (non-hydrogen) atoms. The highest BCUT2D eigenvalue weighted by molar-refractivity contribution is 5.97. The van der Waals surface area contributed by atoms with E-state index in [9.17, 15) is 4.39 Å². The molecule has 1 saturated heterocycles. The van der Waals surface area contributed by atoms with Crippen molar-refractivity contribution in [3.63, 3.8) is 0 Å². The zero-order valence-corrected chi connectivity index (χ0v) is 24.6. The van der Waals surface area contributed by atoms with E-state index >= 15 is 0 Å². The lowest BCUT2D eigenvalue weighted by Crippen LogP contribution is -2.34. The first-order valence-corrected chi connectivity index (χ1v) is 14.7. The van der Waals surface area contributed by atoms with Gasteiger partial charge in [0, 0.05) is 47.7 Å². The molecular formula is C32H33FN10O. The van der Waals surface area contributed by atoms with Gasteiger partial charge in [0.25, 0.3) is 0 Å². The number of aromatic amines is 2. The molecule has 0 bridgehead atoms. The number of nitrogens with one attached hydrogen (secondary N) is 4. The van der Waals surface area contributed by atoms with Gasteiger partial charge in [-0.05, 0) is 82.0 Å². The molecule has 0 saturated carbocycles. The number of benzene rings is 1. The molecule has 0 spiro atoms. The SMILES string of the molecule is CN(C)CCNc1cc(F)cc(-c2ccnc3nc(-c4n[nH]c5cnc(-c6cncc(OC7CCNCC7)c6)cc45)[nH]c23)c1. The van der Waals surface area contributed by atoms with Gasteiger partial charge in [-0.1, -0.05) is 0 Å². The number of rotatable bonds is 9. The Bertz CT molecular complexity index is 1930. The molecular weight excluding hydrogens is 559 g/mol. The first-order chi connectivity index (χ1) is 21.5. The van der Waals surface area contributed by atoms with Crippen LogP contribution in [-0.2, 0) is 0 Å². The van der Waals surface area contributed by atoms with E-state index in [1.54, 1.807) is 24.8 Å². The van der Waals surface area contributed by atoms with E-state index < -0.39 is 0 Å². The summed E-state index contributed by atoms with van der Waals surface area (Å²) in [4.78, 5) is 23.8. The highest BCUT2D eigenvalue weighted by Gasteiger charge is 2.19. The van der Waals surface area contributed by atoms with Gasteiger partial charge in [0.15, 0.2) is 11.5 Å². The number of hydrogen-bond donors (Lipinski definition) is 4. The molecule has 224 valence electrons. The number of halogens is 1. The fourth-order valence-electron chi connectivity index (χ4n) is 5.52. The maximum Gasteiger partial charge on any atom is 0.178 e. The summed E-state index contributed by atoms with van der Waals surface area (Å²) in [6.07, 6.45) is 9.07. The number of imidazole rings is 1. The summed E-state index contributed by atoms with van der Waals surface area (Å²) in [5.41, 5.74) is 6.43. The van der Waals surface area contributed by atoms with Gasteiger partial charge >= 0.3 is 0 Å². The molecule has 0 radical (unpaired) electrons. The van der Waals surface area contributed by atoms with Crippen molar-refractivity contribution in [3.8, 4) is 39.7 Å². The lowest BCUT2D eigenvalue weighted by atomic mass is 10.0. The molecule has 0 aliphatic carbocycles. The second-order valence-corrected chi connectivity index (χ2v) is 11.3. The monoisotopic (exact) mass is 592 g/mol. The molecule has 1 aliphatic heterocycles. The Balaban J connectivity index is 1.21. The van der Waals surface area contributed by atoms with Crippen LogP contribution >= 0.6 is 0 Å². The predicted octanol–water partition coefficient (Wildman–Crippen LogP) is 4.87. The van der Waals surface area contributed by atoms with Crippen LogP contribution in [0.25, 0.3) is 56.0 Å². The van der Waals surface area contributed by atoms with Gasteiger partial charge < -0.3 is 25.3 Å². The summed E-state index contributed by atoms with van der Waals surface area (Å²) in [6, 6.07) is 10.8. The minimum absolute atomic E-state index is 0.175. The molecule has 0 unspecified atom stereocenters. The van der Waals surface area contributed by atoms with Crippen LogP contribution in [-0.4, -0.2) is 86.4 Å². The molecule has 4 N–H and O–H groups in total. The maximum atomic E-state index is 14.7. The van der Waals surface area contributed by atoms with Crippen molar-refractivity contribution in [2.45, 2.75) is 18.9 Å². The number of aromatic nitrogens is 7. The van der Waals surface area contributed by atoms with Crippen LogP contribution in [0.1, 0.15) is 12.8 Å². The van der Waals surface area contributed by atoms with Gasteiger partial charge in [0.2, 0.25) is 0 Å². The standard InChI is InChI=1S/C32H33FN10O/c1-43(2)10-9-36-22-12-19(11-21(33)14-22)25-5-8-37-31-29(25)39-32(40-31)30-26-15-27(38-18-28(26)41-42-30)20-13-24(17-35-16-20)44-23-3-6-34-7-4-23/h5,8,11-18,23,34,36H,3-4,6-7,9-10H2,1-2H3,(H,41,42)(H,37,39,40). The number of likely N-dealkylation sites (N-methyl/N-ethyl adjacent to an activating group) is 1. The highest BCUT2D eigenvalue weighted by Crippen LogP contribution is 2.33. The lowest BCUT2D eigenvalue weighted by Gasteiger charge is -2.23. The summed E-state index contributed by atoms with van der Waals surface area (Å²) >= 11 is 0. The van der Waals surface area contributed by atoms with Crippen molar-refractivity contribution in [1.29, 1.82) is 0 Å². The number of pyridine rings is 3. The largest absolute Gasteiger partial charge is 0.489 e. The number of ether oxygens (including phenoxy) is 1.